The fourth-order valence-electron chi connectivity index (χ4n) is 8.03. The third-order valence-corrected chi connectivity index (χ3v) is 10.4. The van der Waals surface area contributed by atoms with Gasteiger partial charge < -0.3 is 9.13 Å². The van der Waals surface area contributed by atoms with E-state index < -0.39 is 0 Å². The van der Waals surface area contributed by atoms with E-state index in [0.29, 0.717) is 0 Å². The van der Waals surface area contributed by atoms with Crippen molar-refractivity contribution in [3.8, 4) is 44.8 Å². The predicted octanol–water partition coefficient (Wildman–Crippen LogP) is 12.7. The van der Waals surface area contributed by atoms with Crippen LogP contribution in [0.25, 0.3) is 83.5 Å². The van der Waals surface area contributed by atoms with Crippen LogP contribution in [-0.4, -0.2) is 9.13 Å². The molecule has 0 radical (unpaired) electrons. The molecule has 7 aromatic carbocycles. The first-order valence-electron chi connectivity index (χ1n) is 17.5. The average molecular weight is 639 g/mol. The van der Waals surface area contributed by atoms with Crippen molar-refractivity contribution in [2.75, 3.05) is 0 Å². The van der Waals surface area contributed by atoms with Crippen LogP contribution in [0.2, 0.25) is 0 Å². The van der Waals surface area contributed by atoms with Gasteiger partial charge in [0, 0.05) is 38.8 Å². The molecule has 2 heterocycles. The van der Waals surface area contributed by atoms with Crippen molar-refractivity contribution < 1.29 is 0 Å². The zero-order valence-corrected chi connectivity index (χ0v) is 27.6. The van der Waals surface area contributed by atoms with E-state index in [2.05, 4.69) is 191 Å². The van der Waals surface area contributed by atoms with E-state index in [1.165, 1.54) is 88.7 Å². The summed E-state index contributed by atoms with van der Waals surface area (Å²) in [6.45, 7) is 0. The SMILES string of the molecule is C1=Cc2c(n(-c3cc(-c4ccccc4)cc(-c4ccccc4)c3)c3cc(-c4ccc5c6ccccc6n(-c6ccccc6)c5c4)ccc23)CC1. The number of hydrogen-bond acceptors (Lipinski definition) is 0. The summed E-state index contributed by atoms with van der Waals surface area (Å²) in [5.74, 6) is 0. The van der Waals surface area contributed by atoms with Gasteiger partial charge in [0.05, 0.1) is 16.6 Å². The van der Waals surface area contributed by atoms with E-state index in [9.17, 15) is 0 Å². The molecule has 0 amide bonds. The van der Waals surface area contributed by atoms with Gasteiger partial charge in [0.1, 0.15) is 0 Å². The molecule has 0 atom stereocenters. The zero-order chi connectivity index (χ0) is 33.0. The second-order valence-corrected chi connectivity index (χ2v) is 13.3. The molecule has 0 bridgehead atoms. The second kappa shape index (κ2) is 11.6. The Morgan fingerprint density at radius 1 is 0.360 bits per heavy atom. The van der Waals surface area contributed by atoms with Crippen molar-refractivity contribution in [2.45, 2.75) is 12.8 Å². The summed E-state index contributed by atoms with van der Waals surface area (Å²) in [5, 5.41) is 3.84. The van der Waals surface area contributed by atoms with Crippen LogP contribution in [0.5, 0.6) is 0 Å². The number of rotatable bonds is 5. The molecule has 0 saturated heterocycles. The maximum atomic E-state index is 2.54. The van der Waals surface area contributed by atoms with Crippen LogP contribution in [0.1, 0.15) is 17.7 Å². The number of fused-ring (bicyclic) bond motifs is 6. The first-order chi connectivity index (χ1) is 24.8. The van der Waals surface area contributed by atoms with Crippen LogP contribution >= 0.6 is 0 Å². The Kier molecular flexibility index (Phi) is 6.67. The predicted molar refractivity (Wildman–Crippen MR) is 211 cm³/mol. The molecule has 2 nitrogen and oxygen atoms in total. The third kappa shape index (κ3) is 4.64. The number of allylic oxidation sites excluding steroid dienone is 1. The molecule has 236 valence electrons. The number of para-hydroxylation sites is 2. The van der Waals surface area contributed by atoms with Gasteiger partial charge >= 0.3 is 0 Å². The van der Waals surface area contributed by atoms with Crippen LogP contribution in [-0.2, 0) is 6.42 Å². The number of benzene rings is 7. The maximum Gasteiger partial charge on any atom is 0.0547 e. The topological polar surface area (TPSA) is 9.86 Å². The van der Waals surface area contributed by atoms with Gasteiger partial charge in [-0.25, -0.2) is 0 Å². The molecule has 0 spiro atoms. The fourth-order valence-corrected chi connectivity index (χ4v) is 8.03. The minimum Gasteiger partial charge on any atom is -0.313 e. The molecule has 0 unspecified atom stereocenters. The van der Waals surface area contributed by atoms with Crippen molar-refractivity contribution in [3.05, 3.63) is 187 Å². The van der Waals surface area contributed by atoms with Gasteiger partial charge in [0.2, 0.25) is 0 Å². The summed E-state index contributed by atoms with van der Waals surface area (Å²) in [6, 6.07) is 62.1. The van der Waals surface area contributed by atoms with Crippen molar-refractivity contribution in [1.29, 1.82) is 0 Å². The number of aromatic nitrogens is 2. The van der Waals surface area contributed by atoms with Gasteiger partial charge in [-0.2, -0.15) is 0 Å². The molecule has 10 rings (SSSR count). The molecule has 2 aromatic heterocycles. The Bertz CT molecular complexity index is 2670. The molecular formula is C48H34N2. The fraction of sp³-hybridized carbons (Fsp3) is 0.0417. The highest BCUT2D eigenvalue weighted by molar-refractivity contribution is 6.10. The highest BCUT2D eigenvalue weighted by Gasteiger charge is 2.21. The summed E-state index contributed by atoms with van der Waals surface area (Å²) in [5.41, 5.74) is 16.1. The van der Waals surface area contributed by atoms with Crippen LogP contribution in [0, 0.1) is 0 Å². The van der Waals surface area contributed by atoms with Crippen molar-refractivity contribution >= 4 is 38.8 Å². The minimum atomic E-state index is 1.01. The molecule has 0 aliphatic heterocycles. The average Bonchev–Trinajstić information content (AvgIpc) is 3.71. The Labute approximate surface area is 291 Å². The molecule has 0 saturated carbocycles. The monoisotopic (exact) mass is 638 g/mol. The normalized spacial score (nSPS) is 12.6. The van der Waals surface area contributed by atoms with E-state index in [4.69, 9.17) is 0 Å². The third-order valence-electron chi connectivity index (χ3n) is 10.4. The van der Waals surface area contributed by atoms with Gasteiger partial charge in [0.25, 0.3) is 0 Å². The van der Waals surface area contributed by atoms with E-state index in [1.807, 2.05) is 0 Å². The molecule has 1 aliphatic carbocycles. The first-order valence-corrected chi connectivity index (χ1v) is 17.5. The second-order valence-electron chi connectivity index (χ2n) is 13.3. The zero-order valence-electron chi connectivity index (χ0n) is 27.6. The van der Waals surface area contributed by atoms with Crippen LogP contribution in [0.4, 0.5) is 0 Å². The molecule has 0 N–H and O–H groups in total. The first kappa shape index (κ1) is 28.6. The van der Waals surface area contributed by atoms with Crippen LogP contribution in [0.15, 0.2) is 176 Å². The largest absolute Gasteiger partial charge is 0.313 e. The van der Waals surface area contributed by atoms with Gasteiger partial charge in [-0.05, 0) is 94.8 Å². The van der Waals surface area contributed by atoms with Gasteiger partial charge in [-0.3, -0.25) is 0 Å². The molecule has 0 fully saturated rings. The smallest absolute Gasteiger partial charge is 0.0547 e. The van der Waals surface area contributed by atoms with Gasteiger partial charge in [0.15, 0.2) is 0 Å². The Balaban J connectivity index is 1.21. The molecular weight excluding hydrogens is 605 g/mol. The standard InChI is InChI=1S/C48H34N2/c1-4-14-33(15-5-1)37-28-38(34-16-6-2-7-17-34)30-40(29-37)50-46-23-13-11-21-42(46)44-27-25-36(32-48(44)50)35-24-26-43-41-20-10-12-22-45(41)49(47(43)31-35)39-18-8-3-9-19-39/h1-12,14-22,24-32H,13,23H2. The molecule has 50 heavy (non-hydrogen) atoms. The molecule has 9 aromatic rings. The summed E-state index contributed by atoms with van der Waals surface area (Å²) < 4.78 is 4.94. The number of nitrogens with zero attached hydrogens (tertiary/aromatic N) is 2. The maximum absolute atomic E-state index is 2.54. The number of hydrogen-bond donors (Lipinski definition) is 0. The van der Waals surface area contributed by atoms with E-state index in [0.717, 1.165) is 12.8 Å². The lowest BCUT2D eigenvalue weighted by atomic mass is 9.97. The summed E-state index contributed by atoms with van der Waals surface area (Å²) in [4.78, 5) is 0. The van der Waals surface area contributed by atoms with Gasteiger partial charge in [-0.15, -0.1) is 0 Å². The van der Waals surface area contributed by atoms with Gasteiger partial charge in [-0.1, -0.05) is 133 Å². The van der Waals surface area contributed by atoms with Crippen molar-refractivity contribution in [3.63, 3.8) is 0 Å². The Morgan fingerprint density at radius 2 is 0.920 bits per heavy atom. The highest BCUT2D eigenvalue weighted by atomic mass is 15.0. The van der Waals surface area contributed by atoms with E-state index >= 15 is 0 Å². The Hall–Kier alpha value is -6.38. The van der Waals surface area contributed by atoms with Crippen LogP contribution < -0.4 is 0 Å². The Morgan fingerprint density at radius 3 is 1.60 bits per heavy atom. The molecule has 1 aliphatic rings. The highest BCUT2D eigenvalue weighted by Crippen LogP contribution is 2.40. The quantitative estimate of drug-likeness (QED) is 0.178. The molecule has 2 heteroatoms. The van der Waals surface area contributed by atoms with Crippen molar-refractivity contribution in [1.82, 2.24) is 9.13 Å². The van der Waals surface area contributed by atoms with E-state index in [-0.39, 0.29) is 0 Å². The summed E-state index contributed by atoms with van der Waals surface area (Å²) >= 11 is 0. The minimum absolute atomic E-state index is 1.01. The lowest BCUT2D eigenvalue weighted by Gasteiger charge is -2.17. The summed E-state index contributed by atoms with van der Waals surface area (Å²) in [6.07, 6.45) is 6.71. The van der Waals surface area contributed by atoms with Crippen molar-refractivity contribution in [2.24, 2.45) is 0 Å². The lowest BCUT2D eigenvalue weighted by molar-refractivity contribution is 0.889. The van der Waals surface area contributed by atoms with Crippen LogP contribution in [0.3, 0.4) is 0 Å². The van der Waals surface area contributed by atoms with E-state index in [1.54, 1.807) is 0 Å². The summed E-state index contributed by atoms with van der Waals surface area (Å²) in [7, 11) is 0. The lowest BCUT2D eigenvalue weighted by Crippen LogP contribution is -2.03.